The molecule has 3 aromatic rings. The second-order valence-corrected chi connectivity index (χ2v) is 8.24. The first-order chi connectivity index (χ1) is 12.1. The minimum Gasteiger partial charge on any atom is -0.330 e. The number of para-hydroxylation sites is 1. The van der Waals surface area contributed by atoms with Gasteiger partial charge in [-0.05, 0) is 52.7 Å². The molecule has 0 atom stereocenters. The van der Waals surface area contributed by atoms with Gasteiger partial charge in [-0.3, -0.25) is 4.79 Å². The van der Waals surface area contributed by atoms with Crippen LogP contribution in [0.15, 0.2) is 57.3 Å². The number of anilines is 3. The number of nitrogens with zero attached hydrogens (tertiary/aromatic N) is 2. The lowest BCUT2D eigenvalue weighted by Crippen LogP contribution is -2.14. The second-order valence-electron chi connectivity index (χ2n) is 5.18. The highest BCUT2D eigenvalue weighted by Gasteiger charge is 2.10. The fourth-order valence-electron chi connectivity index (χ4n) is 2.00. The summed E-state index contributed by atoms with van der Waals surface area (Å²) >= 11 is 6.24. The summed E-state index contributed by atoms with van der Waals surface area (Å²) in [5.74, 6) is 0.197. The maximum Gasteiger partial charge on any atom is 0.234 e. The van der Waals surface area contributed by atoms with Crippen LogP contribution >= 0.6 is 39.0 Å². The van der Waals surface area contributed by atoms with Crippen molar-refractivity contribution < 1.29 is 4.79 Å². The molecule has 0 spiro atoms. The van der Waals surface area contributed by atoms with Crippen LogP contribution in [-0.4, -0.2) is 21.9 Å². The number of hydrogen-bond donors (Lipinski definition) is 2. The molecule has 0 unspecified atom stereocenters. The molecule has 5 nitrogen and oxygen atoms in total. The first kappa shape index (κ1) is 17.9. The largest absolute Gasteiger partial charge is 0.330 e. The lowest BCUT2D eigenvalue weighted by atomic mass is 10.2. The van der Waals surface area contributed by atoms with Crippen LogP contribution in [0.4, 0.5) is 16.5 Å². The Hall–Kier alpha value is -1.90. The van der Waals surface area contributed by atoms with E-state index >= 15 is 0 Å². The number of amides is 1. The van der Waals surface area contributed by atoms with Gasteiger partial charge in [-0.15, -0.1) is 10.2 Å². The number of thioether (sulfide) groups is 1. The third kappa shape index (κ3) is 5.29. The molecule has 1 amide bonds. The standard InChI is InChI=1S/C17H15BrN4OS2/c1-11-7-8-14(13(18)9-11)20-15(23)10-24-17-22-21-16(25-17)19-12-5-3-2-4-6-12/h2-9H,10H2,1H3,(H,19,21)(H,20,23). The van der Waals surface area contributed by atoms with Crippen LogP contribution in [0.25, 0.3) is 0 Å². The monoisotopic (exact) mass is 434 g/mol. The van der Waals surface area contributed by atoms with Gasteiger partial charge in [0.2, 0.25) is 11.0 Å². The summed E-state index contributed by atoms with van der Waals surface area (Å²) in [5, 5.41) is 15.0. The average molecular weight is 435 g/mol. The van der Waals surface area contributed by atoms with Crippen molar-refractivity contribution in [3.8, 4) is 0 Å². The van der Waals surface area contributed by atoms with Crippen LogP contribution in [0.3, 0.4) is 0 Å². The van der Waals surface area contributed by atoms with Crippen molar-refractivity contribution in [1.82, 2.24) is 10.2 Å². The summed E-state index contributed by atoms with van der Waals surface area (Å²) in [4.78, 5) is 12.1. The normalized spacial score (nSPS) is 10.5. The first-order valence-corrected chi connectivity index (χ1v) is 10.0. The molecule has 0 aliphatic rings. The van der Waals surface area contributed by atoms with Gasteiger partial charge >= 0.3 is 0 Å². The Bertz CT molecular complexity index is 870. The molecule has 8 heteroatoms. The summed E-state index contributed by atoms with van der Waals surface area (Å²) in [7, 11) is 0. The van der Waals surface area contributed by atoms with Crippen molar-refractivity contribution in [2.75, 3.05) is 16.4 Å². The highest BCUT2D eigenvalue weighted by Crippen LogP contribution is 2.28. The van der Waals surface area contributed by atoms with Crippen molar-refractivity contribution in [3.63, 3.8) is 0 Å². The van der Waals surface area contributed by atoms with Gasteiger partial charge in [0.15, 0.2) is 4.34 Å². The first-order valence-electron chi connectivity index (χ1n) is 7.44. The zero-order valence-electron chi connectivity index (χ0n) is 13.3. The molecule has 2 aromatic carbocycles. The summed E-state index contributed by atoms with van der Waals surface area (Å²) in [6.45, 7) is 2.00. The van der Waals surface area contributed by atoms with E-state index in [0.717, 1.165) is 25.8 Å². The third-order valence-corrected chi connectivity index (χ3v) is 5.79. The maximum absolute atomic E-state index is 12.1. The van der Waals surface area contributed by atoms with Gasteiger partial charge in [0, 0.05) is 10.2 Å². The molecular formula is C17H15BrN4OS2. The minimum absolute atomic E-state index is 0.0812. The van der Waals surface area contributed by atoms with E-state index in [9.17, 15) is 4.79 Å². The number of halogens is 1. The van der Waals surface area contributed by atoms with Crippen molar-refractivity contribution in [3.05, 3.63) is 58.6 Å². The second kappa shape index (κ2) is 8.46. The maximum atomic E-state index is 12.1. The van der Waals surface area contributed by atoms with E-state index in [-0.39, 0.29) is 11.7 Å². The van der Waals surface area contributed by atoms with E-state index < -0.39 is 0 Å². The number of rotatable bonds is 6. The smallest absolute Gasteiger partial charge is 0.234 e. The SMILES string of the molecule is Cc1ccc(NC(=O)CSc2nnc(Nc3ccccc3)s2)c(Br)c1. The van der Waals surface area contributed by atoms with Crippen molar-refractivity contribution in [1.29, 1.82) is 0 Å². The predicted octanol–water partition coefficient (Wildman–Crippen LogP) is 5.08. The van der Waals surface area contributed by atoms with Gasteiger partial charge in [-0.2, -0.15) is 0 Å². The molecule has 0 saturated heterocycles. The van der Waals surface area contributed by atoms with Gasteiger partial charge < -0.3 is 10.6 Å². The number of aromatic nitrogens is 2. The molecule has 0 bridgehead atoms. The minimum atomic E-state index is -0.0812. The fraction of sp³-hybridized carbons (Fsp3) is 0.118. The molecule has 2 N–H and O–H groups in total. The Morgan fingerprint density at radius 1 is 1.20 bits per heavy atom. The number of nitrogens with one attached hydrogen (secondary N) is 2. The fourth-order valence-corrected chi connectivity index (χ4v) is 4.16. The summed E-state index contributed by atoms with van der Waals surface area (Å²) < 4.78 is 1.62. The van der Waals surface area contributed by atoms with E-state index in [1.165, 1.54) is 23.1 Å². The van der Waals surface area contributed by atoms with Gasteiger partial charge in [-0.1, -0.05) is 47.4 Å². The van der Waals surface area contributed by atoms with E-state index in [1.807, 2.05) is 55.5 Å². The van der Waals surface area contributed by atoms with Gasteiger partial charge in [0.05, 0.1) is 11.4 Å². The molecule has 1 aromatic heterocycles. The number of carbonyl (C=O) groups excluding carboxylic acids is 1. The molecule has 0 radical (unpaired) electrons. The number of hydrogen-bond acceptors (Lipinski definition) is 6. The molecule has 1 heterocycles. The Balaban J connectivity index is 1.52. The number of carbonyl (C=O) groups is 1. The van der Waals surface area contributed by atoms with Gasteiger partial charge in [-0.25, -0.2) is 0 Å². The molecule has 0 aliphatic carbocycles. The summed E-state index contributed by atoms with van der Waals surface area (Å²) in [6.07, 6.45) is 0. The van der Waals surface area contributed by atoms with Crippen LogP contribution in [0, 0.1) is 6.92 Å². The van der Waals surface area contributed by atoms with Crippen LogP contribution in [-0.2, 0) is 4.79 Å². The van der Waals surface area contributed by atoms with E-state index in [2.05, 4.69) is 36.8 Å². The highest BCUT2D eigenvalue weighted by molar-refractivity contribution is 9.10. The predicted molar refractivity (Wildman–Crippen MR) is 108 cm³/mol. The molecule has 25 heavy (non-hydrogen) atoms. The molecule has 0 fully saturated rings. The van der Waals surface area contributed by atoms with E-state index in [0.29, 0.717) is 5.13 Å². The average Bonchev–Trinajstić information content (AvgIpc) is 3.04. The Kier molecular flexibility index (Phi) is 6.06. The van der Waals surface area contributed by atoms with E-state index in [1.54, 1.807) is 0 Å². The van der Waals surface area contributed by atoms with Crippen molar-refractivity contribution in [2.24, 2.45) is 0 Å². The Morgan fingerprint density at radius 3 is 2.76 bits per heavy atom. The molecule has 128 valence electrons. The summed E-state index contributed by atoms with van der Waals surface area (Å²) in [5.41, 5.74) is 2.85. The van der Waals surface area contributed by atoms with Gasteiger partial charge in [0.25, 0.3) is 0 Å². The number of aryl methyl sites for hydroxylation is 1. The highest BCUT2D eigenvalue weighted by atomic mass is 79.9. The Labute approximate surface area is 162 Å². The van der Waals surface area contributed by atoms with Crippen molar-refractivity contribution >= 4 is 61.4 Å². The van der Waals surface area contributed by atoms with Gasteiger partial charge in [0.1, 0.15) is 0 Å². The van der Waals surface area contributed by atoms with Crippen LogP contribution < -0.4 is 10.6 Å². The molecule has 0 saturated carbocycles. The van der Waals surface area contributed by atoms with Crippen LogP contribution in [0.1, 0.15) is 5.56 Å². The molecule has 0 aliphatic heterocycles. The lowest BCUT2D eigenvalue weighted by molar-refractivity contribution is -0.113. The number of benzene rings is 2. The zero-order valence-corrected chi connectivity index (χ0v) is 16.5. The quantitative estimate of drug-likeness (QED) is 0.529. The van der Waals surface area contributed by atoms with Crippen LogP contribution in [0.5, 0.6) is 0 Å². The van der Waals surface area contributed by atoms with Crippen molar-refractivity contribution in [2.45, 2.75) is 11.3 Å². The lowest BCUT2D eigenvalue weighted by Gasteiger charge is -2.07. The third-order valence-electron chi connectivity index (χ3n) is 3.16. The molecule has 3 rings (SSSR count). The van der Waals surface area contributed by atoms with Crippen LogP contribution in [0.2, 0.25) is 0 Å². The summed E-state index contributed by atoms with van der Waals surface area (Å²) in [6, 6.07) is 15.6. The van der Waals surface area contributed by atoms with E-state index in [4.69, 9.17) is 0 Å². The topological polar surface area (TPSA) is 66.9 Å². The molecular weight excluding hydrogens is 420 g/mol. The zero-order chi connectivity index (χ0) is 17.6. The Morgan fingerprint density at radius 2 is 2.00 bits per heavy atom.